The summed E-state index contributed by atoms with van der Waals surface area (Å²) < 4.78 is 4.87. The van der Waals surface area contributed by atoms with Crippen molar-refractivity contribution in [2.24, 2.45) is 0 Å². The van der Waals surface area contributed by atoms with Crippen LogP contribution >= 0.6 is 0 Å². The third-order valence-electron chi connectivity index (χ3n) is 28.0. The molecule has 0 spiro atoms. The molecule has 4 aromatic heterocycles. The first-order chi connectivity index (χ1) is 67.9. The van der Waals surface area contributed by atoms with Crippen molar-refractivity contribution in [3.05, 3.63) is 566 Å². The van der Waals surface area contributed by atoms with Crippen LogP contribution in [-0.4, -0.2) is 47.1 Å². The van der Waals surface area contributed by atoms with Gasteiger partial charge in [0.25, 0.3) is 0 Å². The number of aromatic nitrogens is 8. The second kappa shape index (κ2) is 34.1. The zero-order valence-corrected chi connectivity index (χ0v) is 75.7. The summed E-state index contributed by atoms with van der Waals surface area (Å²) in [4.78, 5) is 31.2. The fourth-order valence-corrected chi connectivity index (χ4v) is 26.8. The fourth-order valence-electron chi connectivity index (χ4n) is 22.0. The highest BCUT2D eigenvalue weighted by Gasteiger charge is 2.49. The lowest BCUT2D eigenvalue weighted by Gasteiger charge is -2.34. The normalized spacial score (nSPS) is 12.6. The number of benzene rings is 20. The largest absolute Gasteiger partial charge is 0.309 e. The summed E-state index contributed by atoms with van der Waals surface area (Å²) in [5.41, 5.74) is 28.6. The van der Waals surface area contributed by atoms with Crippen LogP contribution < -0.4 is 20.7 Å². The summed E-state index contributed by atoms with van der Waals surface area (Å²) in [5.74, 6) is 3.74. The first-order valence-electron chi connectivity index (χ1n) is 46.8. The van der Waals surface area contributed by atoms with Gasteiger partial charge in [-0.05, 0) is 165 Å². The van der Waals surface area contributed by atoms with E-state index < -0.39 is 18.9 Å². The average Bonchev–Trinajstić information content (AvgIpc) is 1.53. The molecule has 137 heavy (non-hydrogen) atoms. The molecule has 0 bridgehead atoms. The van der Waals surface area contributed by atoms with Crippen LogP contribution in [0, 0.1) is 0 Å². The van der Waals surface area contributed by atoms with E-state index >= 15 is 0 Å². The summed E-state index contributed by atoms with van der Waals surface area (Å²) in [6, 6.07) is 188. The second-order valence-corrected chi connectivity index (χ2v) is 39.2. The molecule has 20 aromatic carbocycles. The van der Waals surface area contributed by atoms with Crippen LogP contribution in [0.5, 0.6) is 0 Å². The Labute approximate surface area is 796 Å². The molecule has 0 radical (unpaired) electrons. The molecule has 0 fully saturated rings. The fraction of sp³-hybridized carbons (Fsp3) is 0.0156. The molecule has 2 aliphatic rings. The number of nitrogens with zero attached hydrogens (tertiary/aromatic N) is 8. The predicted molar refractivity (Wildman–Crippen MR) is 565 cm³/mol. The van der Waals surface area contributed by atoms with E-state index in [-0.39, 0.29) is 0 Å². The summed E-state index contributed by atoms with van der Waals surface area (Å²) in [6.07, 6.45) is 0. The molecule has 9 heteroatoms. The Morgan fingerprint density at radius 1 is 0.161 bits per heavy atom. The zero-order valence-electron chi connectivity index (χ0n) is 74.7. The Kier molecular flexibility index (Phi) is 20.2. The van der Waals surface area contributed by atoms with Gasteiger partial charge in [-0.2, -0.15) is 0 Å². The molecule has 0 aliphatic heterocycles. The third kappa shape index (κ3) is 13.6. The zero-order chi connectivity index (χ0) is 90.8. The number of para-hydroxylation sites is 1. The Balaban J connectivity index is 0.000000148. The maximum absolute atomic E-state index is 5.43. The van der Waals surface area contributed by atoms with E-state index in [0.29, 0.717) is 34.9 Å². The van der Waals surface area contributed by atoms with Crippen LogP contribution in [0.4, 0.5) is 0 Å². The van der Waals surface area contributed by atoms with Gasteiger partial charge >= 0.3 is 0 Å². The van der Waals surface area contributed by atoms with Gasteiger partial charge in [0.15, 0.2) is 43.0 Å². The third-order valence-corrected chi connectivity index (χ3v) is 32.7. The van der Waals surface area contributed by atoms with Gasteiger partial charge in [0.05, 0.1) is 32.9 Å². The minimum absolute atomic E-state index is 0.534. The minimum atomic E-state index is -2.85. The molecule has 26 rings (SSSR count). The van der Waals surface area contributed by atoms with Crippen molar-refractivity contribution in [2.75, 3.05) is 0 Å². The molecule has 24 aromatic rings. The van der Waals surface area contributed by atoms with Gasteiger partial charge in [-0.1, -0.05) is 455 Å². The van der Waals surface area contributed by atoms with Gasteiger partial charge in [0.2, 0.25) is 0 Å². The van der Waals surface area contributed by atoms with Gasteiger partial charge < -0.3 is 9.13 Å². The highest BCUT2D eigenvalue weighted by molar-refractivity contribution is 7.20. The molecule has 4 heterocycles. The van der Waals surface area contributed by atoms with E-state index in [1.165, 1.54) is 120 Å². The monoisotopic (exact) mass is 1760 g/mol. The van der Waals surface area contributed by atoms with E-state index in [9.17, 15) is 0 Å². The molecule has 0 saturated carbocycles. The molecule has 2 aliphatic carbocycles. The second-order valence-electron chi connectivity index (χ2n) is 35.4. The predicted octanol–water partition coefficient (Wildman–Crippen LogP) is 27.7. The average molecular weight is 1760 g/mol. The smallest absolute Gasteiger partial charge is 0.179 e. The molecule has 0 unspecified atom stereocenters. The molecule has 0 atom stereocenters. The lowest BCUT2D eigenvalue weighted by atomic mass is 9.67. The summed E-state index contributed by atoms with van der Waals surface area (Å²) in [7, 11) is -2.85. The van der Waals surface area contributed by atoms with Crippen LogP contribution in [0.25, 0.3) is 157 Å². The van der Waals surface area contributed by atoms with Crippen LogP contribution in [0.2, 0.25) is 0 Å². The van der Waals surface area contributed by atoms with E-state index in [2.05, 4.69) is 452 Å². The minimum Gasteiger partial charge on any atom is -0.309 e. The van der Waals surface area contributed by atoms with Gasteiger partial charge in [0.1, 0.15) is 0 Å². The SMILES string of the molecule is c1ccc(-c2ccc3c(c2)c2cc4c(cc2n3-c2cccc(-c3nc(-c5ccccc5)nc(-c5ccccc5)n3)c2)C(c2ccccc2)(c2ccccc2)c2ccccc2-4)cc1.c1ccc(-c2nc(-c3cccc(-n4c5ccccc5c5cc6c(cc54)C(c4ccccc4)(c4ccccc4)c4ccccc4-6)c3)nc(-c3cccc([Si](c4ccccc4)(c4ccccc4)c4ccccc4)c3)n2)cc1. The standard InChI is InChI=1S/C70H48N4Si.C58H38N4/c1-7-25-49(26-8-1)67-71-68(73-69(72-67)51-28-24-40-58(46-51)75(55-34-13-4-14-35-55,56-36-15-5-16-37-56)57-38-17-6-18-39-57)50-27-23-33-54(45-50)74-65-44-22-20-42-60(65)62-47-61-59-41-19-21-43-63(59)70(64(61)48-66(62)74,52-29-9-2-10-30-52)53-31-11-3-12-32-53;1-6-19-39(20-7-1)42-33-34-53-49(36-42)50-37-48-47-31-16-17-32-51(47)58(44-26-12-4-13-27-44,45-28-14-5-15-29-45)52(48)38-54(50)62(53)46-30-18-25-43(35-46)57-60-55(40-21-8-2-9-22-40)59-56(61-57)41-23-10-3-11-24-41/h1-48H;1-38H. The molecule has 8 nitrogen and oxygen atoms in total. The number of hydrogen-bond donors (Lipinski definition) is 0. The van der Waals surface area contributed by atoms with Gasteiger partial charge in [0, 0.05) is 66.3 Å². The van der Waals surface area contributed by atoms with E-state index in [0.717, 1.165) is 66.8 Å². The Bertz CT molecular complexity index is 8430. The molecule has 0 N–H and O–H groups in total. The molecular formula is C128H86N8Si. The van der Waals surface area contributed by atoms with Gasteiger partial charge in [-0.3, -0.25) is 0 Å². The van der Waals surface area contributed by atoms with Crippen LogP contribution in [0.1, 0.15) is 44.5 Å². The van der Waals surface area contributed by atoms with Crippen molar-refractivity contribution in [2.45, 2.75) is 10.8 Å². The van der Waals surface area contributed by atoms with Crippen LogP contribution in [0.3, 0.4) is 0 Å². The summed E-state index contributed by atoms with van der Waals surface area (Å²) >= 11 is 0. The Hall–Kier alpha value is -17.8. The molecule has 0 saturated heterocycles. The number of rotatable bonds is 17. The van der Waals surface area contributed by atoms with Crippen molar-refractivity contribution in [3.8, 4) is 113 Å². The van der Waals surface area contributed by atoms with E-state index in [4.69, 9.17) is 29.9 Å². The lowest BCUT2D eigenvalue weighted by molar-refractivity contribution is 0.769. The lowest BCUT2D eigenvalue weighted by Crippen LogP contribution is -2.74. The first-order valence-corrected chi connectivity index (χ1v) is 48.8. The quantitative estimate of drug-likeness (QED) is 0.0667. The maximum atomic E-state index is 5.43. The van der Waals surface area contributed by atoms with Crippen molar-refractivity contribution in [1.29, 1.82) is 0 Å². The van der Waals surface area contributed by atoms with Crippen molar-refractivity contribution >= 4 is 72.4 Å². The number of fused-ring (bicyclic) bond motifs is 12. The van der Waals surface area contributed by atoms with Crippen molar-refractivity contribution in [1.82, 2.24) is 39.0 Å². The van der Waals surface area contributed by atoms with Crippen LogP contribution in [0.15, 0.2) is 522 Å². The highest BCUT2D eigenvalue weighted by Crippen LogP contribution is 2.60. The summed E-state index contributed by atoms with van der Waals surface area (Å²) in [5, 5.41) is 9.97. The highest BCUT2D eigenvalue weighted by atomic mass is 28.3. The maximum Gasteiger partial charge on any atom is 0.179 e. The van der Waals surface area contributed by atoms with Crippen molar-refractivity contribution in [3.63, 3.8) is 0 Å². The van der Waals surface area contributed by atoms with Gasteiger partial charge in [-0.15, -0.1) is 0 Å². The first kappa shape index (κ1) is 81.2. The van der Waals surface area contributed by atoms with E-state index in [1.54, 1.807) is 0 Å². The van der Waals surface area contributed by atoms with Crippen molar-refractivity contribution < 1.29 is 0 Å². The van der Waals surface area contributed by atoms with E-state index in [1.807, 2.05) is 78.9 Å². The molecule has 642 valence electrons. The van der Waals surface area contributed by atoms with Crippen LogP contribution in [-0.2, 0) is 10.8 Å². The molecule has 0 amide bonds. The Morgan fingerprint density at radius 2 is 0.445 bits per heavy atom. The topological polar surface area (TPSA) is 87.2 Å². The molecular weight excluding hydrogens is 1680 g/mol. The Morgan fingerprint density at radius 3 is 0.839 bits per heavy atom. The van der Waals surface area contributed by atoms with Gasteiger partial charge in [-0.25, -0.2) is 29.9 Å². The number of hydrogen-bond acceptors (Lipinski definition) is 6. The summed E-state index contributed by atoms with van der Waals surface area (Å²) in [6.45, 7) is 0.